The van der Waals surface area contributed by atoms with E-state index in [0.29, 0.717) is 18.7 Å². The monoisotopic (exact) mass is 443 g/mol. The Morgan fingerprint density at radius 3 is 2.48 bits per heavy atom. The normalized spacial score (nSPS) is 19.3. The van der Waals surface area contributed by atoms with Crippen molar-refractivity contribution in [3.8, 4) is 0 Å². The Morgan fingerprint density at radius 2 is 1.64 bits per heavy atom. The molecule has 1 aromatic carbocycles. The number of benzene rings is 1. The summed E-state index contributed by atoms with van der Waals surface area (Å²) in [7, 11) is 0. The van der Waals surface area contributed by atoms with Gasteiger partial charge in [0.15, 0.2) is 0 Å². The zero-order chi connectivity index (χ0) is 22.5. The number of nitrogens with one attached hydrogen (secondary N) is 1. The van der Waals surface area contributed by atoms with Crippen molar-refractivity contribution >= 4 is 17.7 Å². The summed E-state index contributed by atoms with van der Waals surface area (Å²) in [6.45, 7) is 5.35. The SMILES string of the molecule is O=C(c1cccnc1N1CCNC(c2ccccc2)C1)N1CCCN(c2ncccn2)CC1. The first-order valence-corrected chi connectivity index (χ1v) is 11.6. The van der Waals surface area contributed by atoms with Gasteiger partial charge in [0.2, 0.25) is 5.95 Å². The van der Waals surface area contributed by atoms with Crippen molar-refractivity contribution in [1.29, 1.82) is 0 Å². The van der Waals surface area contributed by atoms with Gasteiger partial charge in [0.1, 0.15) is 5.82 Å². The number of aromatic nitrogens is 3. The minimum Gasteiger partial charge on any atom is -0.353 e. The van der Waals surface area contributed by atoms with Crippen molar-refractivity contribution in [1.82, 2.24) is 25.2 Å². The molecule has 1 amide bonds. The molecule has 33 heavy (non-hydrogen) atoms. The van der Waals surface area contributed by atoms with Gasteiger partial charge in [0, 0.05) is 70.4 Å². The molecule has 3 aromatic rings. The van der Waals surface area contributed by atoms with Crippen molar-refractivity contribution in [2.45, 2.75) is 12.5 Å². The minimum atomic E-state index is 0.0451. The van der Waals surface area contributed by atoms with Crippen LogP contribution in [0.2, 0.25) is 0 Å². The second-order valence-corrected chi connectivity index (χ2v) is 8.42. The lowest BCUT2D eigenvalue weighted by Crippen LogP contribution is -2.47. The molecule has 2 saturated heterocycles. The van der Waals surface area contributed by atoms with E-state index < -0.39 is 0 Å². The van der Waals surface area contributed by atoms with Crippen LogP contribution in [0.25, 0.3) is 0 Å². The van der Waals surface area contributed by atoms with Gasteiger partial charge in [-0.3, -0.25) is 4.79 Å². The van der Waals surface area contributed by atoms with Gasteiger partial charge >= 0.3 is 0 Å². The molecular formula is C25H29N7O. The number of piperazine rings is 1. The van der Waals surface area contributed by atoms with Crippen molar-refractivity contribution < 1.29 is 4.79 Å². The number of nitrogens with zero attached hydrogens (tertiary/aromatic N) is 6. The van der Waals surface area contributed by atoms with Crippen LogP contribution in [0.4, 0.5) is 11.8 Å². The molecule has 2 aliphatic rings. The topological polar surface area (TPSA) is 77.5 Å². The van der Waals surface area contributed by atoms with Crippen LogP contribution >= 0.6 is 0 Å². The highest BCUT2D eigenvalue weighted by molar-refractivity contribution is 5.99. The largest absolute Gasteiger partial charge is 0.353 e. The second kappa shape index (κ2) is 9.95. The van der Waals surface area contributed by atoms with Crippen LogP contribution in [0.5, 0.6) is 0 Å². The highest BCUT2D eigenvalue weighted by Gasteiger charge is 2.28. The van der Waals surface area contributed by atoms with Gasteiger partial charge in [-0.05, 0) is 30.2 Å². The van der Waals surface area contributed by atoms with E-state index in [9.17, 15) is 4.79 Å². The summed E-state index contributed by atoms with van der Waals surface area (Å²) in [5, 5.41) is 3.59. The smallest absolute Gasteiger partial charge is 0.257 e. The van der Waals surface area contributed by atoms with Gasteiger partial charge in [-0.15, -0.1) is 0 Å². The highest BCUT2D eigenvalue weighted by Crippen LogP contribution is 2.25. The number of rotatable bonds is 4. The number of hydrogen-bond acceptors (Lipinski definition) is 7. The van der Waals surface area contributed by atoms with E-state index in [2.05, 4.69) is 54.3 Å². The van der Waals surface area contributed by atoms with E-state index in [-0.39, 0.29) is 11.9 Å². The maximum absolute atomic E-state index is 13.6. The highest BCUT2D eigenvalue weighted by atomic mass is 16.2. The third kappa shape index (κ3) is 4.80. The zero-order valence-corrected chi connectivity index (χ0v) is 18.7. The Balaban J connectivity index is 1.31. The van der Waals surface area contributed by atoms with Gasteiger partial charge in [-0.25, -0.2) is 15.0 Å². The first-order chi connectivity index (χ1) is 16.3. The lowest BCUT2D eigenvalue weighted by atomic mass is 10.0. The molecule has 0 radical (unpaired) electrons. The molecule has 0 bridgehead atoms. The Kier molecular flexibility index (Phi) is 6.44. The van der Waals surface area contributed by atoms with Gasteiger partial charge in [0.25, 0.3) is 5.91 Å². The summed E-state index contributed by atoms with van der Waals surface area (Å²) in [6.07, 6.45) is 6.17. The van der Waals surface area contributed by atoms with Crippen LogP contribution in [-0.2, 0) is 0 Å². The van der Waals surface area contributed by atoms with Crippen molar-refractivity contribution in [3.63, 3.8) is 0 Å². The first kappa shape index (κ1) is 21.3. The van der Waals surface area contributed by atoms with E-state index in [0.717, 1.165) is 50.9 Å². The molecule has 8 heteroatoms. The van der Waals surface area contributed by atoms with Crippen molar-refractivity contribution in [3.05, 3.63) is 78.2 Å². The fraction of sp³-hybridized carbons (Fsp3) is 0.360. The number of amides is 1. The first-order valence-electron chi connectivity index (χ1n) is 11.6. The fourth-order valence-electron chi connectivity index (χ4n) is 4.61. The number of carbonyl (C=O) groups is 1. The van der Waals surface area contributed by atoms with Crippen LogP contribution in [0.15, 0.2) is 67.1 Å². The summed E-state index contributed by atoms with van der Waals surface area (Å²) in [5.74, 6) is 1.54. The molecule has 2 aliphatic heterocycles. The maximum Gasteiger partial charge on any atom is 0.257 e. The third-order valence-electron chi connectivity index (χ3n) is 6.31. The van der Waals surface area contributed by atoms with Gasteiger partial charge in [0.05, 0.1) is 5.56 Å². The predicted octanol–water partition coefficient (Wildman–Crippen LogP) is 2.38. The average molecular weight is 444 g/mol. The van der Waals surface area contributed by atoms with Gasteiger partial charge in [-0.2, -0.15) is 0 Å². The van der Waals surface area contributed by atoms with E-state index in [4.69, 9.17) is 0 Å². The minimum absolute atomic E-state index is 0.0451. The molecule has 2 fully saturated rings. The van der Waals surface area contributed by atoms with Gasteiger partial charge < -0.3 is 20.0 Å². The van der Waals surface area contributed by atoms with Crippen LogP contribution in [0.1, 0.15) is 28.4 Å². The number of anilines is 2. The molecule has 0 aliphatic carbocycles. The van der Waals surface area contributed by atoms with E-state index in [1.54, 1.807) is 18.6 Å². The quantitative estimate of drug-likeness (QED) is 0.663. The molecule has 0 spiro atoms. The number of pyridine rings is 1. The zero-order valence-electron chi connectivity index (χ0n) is 18.7. The summed E-state index contributed by atoms with van der Waals surface area (Å²) < 4.78 is 0. The van der Waals surface area contributed by atoms with Crippen molar-refractivity contribution in [2.24, 2.45) is 0 Å². The van der Waals surface area contributed by atoms with Gasteiger partial charge in [-0.1, -0.05) is 30.3 Å². The molecule has 0 saturated carbocycles. The predicted molar refractivity (Wildman–Crippen MR) is 128 cm³/mol. The molecule has 1 atom stereocenters. The van der Waals surface area contributed by atoms with Crippen LogP contribution in [0.3, 0.4) is 0 Å². The molecule has 8 nitrogen and oxygen atoms in total. The Morgan fingerprint density at radius 1 is 0.818 bits per heavy atom. The van der Waals surface area contributed by atoms with E-state index >= 15 is 0 Å². The standard InChI is InChI=1S/C25H29N7O/c33-24(30-14-6-15-31(18-17-30)25-28-11-5-12-29-25)21-9-4-10-27-23(21)32-16-13-26-22(19-32)20-7-2-1-3-8-20/h1-5,7-12,22,26H,6,13-19H2. The number of carbonyl (C=O) groups excluding carboxylic acids is 1. The lowest BCUT2D eigenvalue weighted by Gasteiger charge is -2.36. The molecule has 4 heterocycles. The Labute approximate surface area is 194 Å². The summed E-state index contributed by atoms with van der Waals surface area (Å²) in [6, 6.07) is 16.2. The fourth-order valence-corrected chi connectivity index (χ4v) is 4.61. The molecule has 5 rings (SSSR count). The van der Waals surface area contributed by atoms with Crippen LogP contribution in [-0.4, -0.2) is 71.6 Å². The van der Waals surface area contributed by atoms with Crippen molar-refractivity contribution in [2.75, 3.05) is 55.6 Å². The summed E-state index contributed by atoms with van der Waals surface area (Å²) in [4.78, 5) is 33.3. The number of hydrogen-bond donors (Lipinski definition) is 1. The van der Waals surface area contributed by atoms with E-state index in [1.807, 2.05) is 29.2 Å². The molecular weight excluding hydrogens is 414 g/mol. The Bertz CT molecular complexity index is 1060. The van der Waals surface area contributed by atoms with Crippen LogP contribution < -0.4 is 15.1 Å². The summed E-state index contributed by atoms with van der Waals surface area (Å²) >= 11 is 0. The third-order valence-corrected chi connectivity index (χ3v) is 6.31. The van der Waals surface area contributed by atoms with Crippen LogP contribution in [0, 0.1) is 0 Å². The molecule has 1 N–H and O–H groups in total. The molecule has 170 valence electrons. The maximum atomic E-state index is 13.6. The van der Waals surface area contributed by atoms with E-state index in [1.165, 1.54) is 5.56 Å². The molecule has 2 aromatic heterocycles. The second-order valence-electron chi connectivity index (χ2n) is 8.42. The lowest BCUT2D eigenvalue weighted by molar-refractivity contribution is 0.0767. The summed E-state index contributed by atoms with van der Waals surface area (Å²) in [5.41, 5.74) is 1.93. The average Bonchev–Trinajstić information content (AvgIpc) is 3.16. The molecule has 1 unspecified atom stereocenters. The Hall–Kier alpha value is -3.52.